The van der Waals surface area contributed by atoms with E-state index >= 15 is 0 Å². The van der Waals surface area contributed by atoms with Gasteiger partial charge in [-0.05, 0) is 48.8 Å². The summed E-state index contributed by atoms with van der Waals surface area (Å²) >= 11 is 0. The number of halogens is 1. The molecule has 1 saturated carbocycles. The van der Waals surface area contributed by atoms with Crippen molar-refractivity contribution in [2.24, 2.45) is 10.4 Å². The highest BCUT2D eigenvalue weighted by atomic mass is 127. The Hall–Kier alpha value is -1.31. The first-order chi connectivity index (χ1) is 12.2. The van der Waals surface area contributed by atoms with Gasteiger partial charge in [0.25, 0.3) is 5.91 Å². The second-order valence-electron chi connectivity index (χ2n) is 7.38. The van der Waals surface area contributed by atoms with E-state index in [1.165, 1.54) is 32.1 Å². The molecule has 2 N–H and O–H groups in total. The number of nitrogens with zero attached hydrogens (tertiary/aromatic N) is 2. The van der Waals surface area contributed by atoms with Gasteiger partial charge in [0.2, 0.25) is 0 Å². The van der Waals surface area contributed by atoms with Gasteiger partial charge in [-0.15, -0.1) is 24.0 Å². The van der Waals surface area contributed by atoms with Crippen LogP contribution in [0.1, 0.15) is 48.0 Å². The number of hydrogen-bond donors (Lipinski definition) is 2. The van der Waals surface area contributed by atoms with Crippen molar-refractivity contribution in [3.05, 3.63) is 35.4 Å². The van der Waals surface area contributed by atoms with Gasteiger partial charge in [0.1, 0.15) is 0 Å². The number of likely N-dealkylation sites (tertiary alicyclic amines) is 1. The molecule has 0 unspecified atom stereocenters. The van der Waals surface area contributed by atoms with Crippen LogP contribution < -0.4 is 10.6 Å². The Balaban J connectivity index is 0.00000243. The lowest BCUT2D eigenvalue weighted by molar-refractivity contribution is 0.0963. The van der Waals surface area contributed by atoms with Gasteiger partial charge >= 0.3 is 0 Å². The van der Waals surface area contributed by atoms with Crippen LogP contribution in [0.25, 0.3) is 0 Å². The largest absolute Gasteiger partial charge is 0.356 e. The molecule has 144 valence electrons. The molecule has 1 saturated heterocycles. The minimum Gasteiger partial charge on any atom is -0.356 e. The maximum atomic E-state index is 11.7. The maximum Gasteiger partial charge on any atom is 0.251 e. The van der Waals surface area contributed by atoms with E-state index in [2.05, 4.69) is 26.6 Å². The van der Waals surface area contributed by atoms with Crippen LogP contribution in [0.3, 0.4) is 0 Å². The zero-order chi connectivity index (χ0) is 17.7. The Morgan fingerprint density at radius 1 is 1.27 bits per heavy atom. The lowest BCUT2D eigenvalue weighted by Crippen LogP contribution is -2.41. The SMILES string of the molecule is CN=C(NCCc1cccc(C(=O)NC)c1)N1CCC2(CCCC2)C1.I. The first-order valence-electron chi connectivity index (χ1n) is 9.42. The molecule has 0 bridgehead atoms. The highest BCUT2D eigenvalue weighted by Gasteiger charge is 2.40. The average Bonchev–Trinajstić information content (AvgIpc) is 3.28. The number of aliphatic imine (C=N–C) groups is 1. The van der Waals surface area contributed by atoms with Gasteiger partial charge in [-0.25, -0.2) is 0 Å². The van der Waals surface area contributed by atoms with Crippen LogP contribution >= 0.6 is 24.0 Å². The van der Waals surface area contributed by atoms with E-state index in [1.807, 2.05) is 25.2 Å². The molecule has 2 fully saturated rings. The first-order valence-corrected chi connectivity index (χ1v) is 9.42. The van der Waals surface area contributed by atoms with Crippen molar-refractivity contribution >= 4 is 35.8 Å². The Bertz CT molecular complexity index is 640. The van der Waals surface area contributed by atoms with Crippen LogP contribution in [-0.4, -0.2) is 50.5 Å². The number of carbonyl (C=O) groups is 1. The van der Waals surface area contributed by atoms with Crippen molar-refractivity contribution in [1.82, 2.24) is 15.5 Å². The summed E-state index contributed by atoms with van der Waals surface area (Å²) in [5.74, 6) is 0.982. The van der Waals surface area contributed by atoms with Gasteiger partial charge in [0.05, 0.1) is 0 Å². The smallest absolute Gasteiger partial charge is 0.251 e. The van der Waals surface area contributed by atoms with E-state index in [9.17, 15) is 4.79 Å². The van der Waals surface area contributed by atoms with Crippen LogP contribution in [0.5, 0.6) is 0 Å². The third-order valence-corrected chi connectivity index (χ3v) is 5.73. The summed E-state index contributed by atoms with van der Waals surface area (Å²) in [6.07, 6.45) is 7.73. The van der Waals surface area contributed by atoms with Crippen molar-refractivity contribution in [2.45, 2.75) is 38.5 Å². The van der Waals surface area contributed by atoms with E-state index in [0.717, 1.165) is 37.6 Å². The van der Waals surface area contributed by atoms with E-state index in [0.29, 0.717) is 11.0 Å². The number of hydrogen-bond acceptors (Lipinski definition) is 2. The fourth-order valence-corrected chi connectivity index (χ4v) is 4.31. The van der Waals surface area contributed by atoms with Crippen LogP contribution in [-0.2, 0) is 6.42 Å². The Morgan fingerprint density at radius 3 is 2.73 bits per heavy atom. The molecule has 1 heterocycles. The molecule has 3 rings (SSSR count). The zero-order valence-electron chi connectivity index (χ0n) is 15.9. The molecular weight excluding hydrogens is 439 g/mol. The summed E-state index contributed by atoms with van der Waals surface area (Å²) in [6, 6.07) is 7.83. The molecule has 1 aromatic rings. The fraction of sp³-hybridized carbons (Fsp3) is 0.600. The predicted octanol–water partition coefficient (Wildman–Crippen LogP) is 3.05. The summed E-state index contributed by atoms with van der Waals surface area (Å²) in [7, 11) is 3.53. The number of carbonyl (C=O) groups excluding carboxylic acids is 1. The van der Waals surface area contributed by atoms with Crippen LogP contribution in [0.15, 0.2) is 29.3 Å². The lowest BCUT2D eigenvalue weighted by atomic mass is 9.86. The molecule has 1 aliphatic carbocycles. The number of rotatable bonds is 4. The molecule has 0 radical (unpaired) electrons. The molecule has 5 nitrogen and oxygen atoms in total. The van der Waals surface area contributed by atoms with Gasteiger partial charge in [-0.2, -0.15) is 0 Å². The van der Waals surface area contributed by atoms with E-state index < -0.39 is 0 Å². The van der Waals surface area contributed by atoms with Crippen LogP contribution in [0, 0.1) is 5.41 Å². The van der Waals surface area contributed by atoms with Crippen molar-refractivity contribution in [3.8, 4) is 0 Å². The Labute approximate surface area is 174 Å². The Morgan fingerprint density at radius 2 is 2.04 bits per heavy atom. The molecule has 6 heteroatoms. The average molecular weight is 470 g/mol. The van der Waals surface area contributed by atoms with E-state index in [1.54, 1.807) is 7.05 Å². The number of benzene rings is 1. The van der Waals surface area contributed by atoms with Crippen LogP contribution in [0.4, 0.5) is 0 Å². The topological polar surface area (TPSA) is 56.7 Å². The van der Waals surface area contributed by atoms with E-state index in [4.69, 9.17) is 0 Å². The minimum atomic E-state index is -0.0375. The second-order valence-corrected chi connectivity index (χ2v) is 7.38. The summed E-state index contributed by atoms with van der Waals surface area (Å²) < 4.78 is 0. The highest BCUT2D eigenvalue weighted by molar-refractivity contribution is 14.0. The van der Waals surface area contributed by atoms with Crippen molar-refractivity contribution in [3.63, 3.8) is 0 Å². The summed E-state index contributed by atoms with van der Waals surface area (Å²) in [6.45, 7) is 3.10. The van der Waals surface area contributed by atoms with Gasteiger partial charge in [0, 0.05) is 39.3 Å². The van der Waals surface area contributed by atoms with Gasteiger partial charge in [0.15, 0.2) is 5.96 Å². The fourth-order valence-electron chi connectivity index (χ4n) is 4.31. The van der Waals surface area contributed by atoms with Crippen molar-refractivity contribution in [2.75, 3.05) is 33.7 Å². The standard InChI is InChI=1S/C20H30N4O.HI/c1-21-18(25)17-7-5-6-16(14-17)8-12-23-19(22-2)24-13-11-20(15-24)9-3-4-10-20;/h5-7,14H,3-4,8-13,15H2,1-2H3,(H,21,25)(H,22,23);1H. The number of guanidine groups is 1. The highest BCUT2D eigenvalue weighted by Crippen LogP contribution is 2.45. The molecular formula is C20H31IN4O. The first kappa shape index (κ1) is 21.0. The molecule has 1 spiro atoms. The summed E-state index contributed by atoms with van der Waals surface area (Å²) in [5, 5.41) is 6.18. The summed E-state index contributed by atoms with van der Waals surface area (Å²) in [5.41, 5.74) is 2.43. The normalized spacial score (nSPS) is 18.7. The van der Waals surface area contributed by atoms with E-state index in [-0.39, 0.29) is 29.9 Å². The third kappa shape index (κ3) is 4.90. The van der Waals surface area contributed by atoms with Gasteiger partial charge in [-0.1, -0.05) is 25.0 Å². The second kappa shape index (κ2) is 9.58. The van der Waals surface area contributed by atoms with Crippen LogP contribution in [0.2, 0.25) is 0 Å². The molecule has 1 aliphatic heterocycles. The number of nitrogens with one attached hydrogen (secondary N) is 2. The molecule has 2 aliphatic rings. The van der Waals surface area contributed by atoms with Crippen molar-refractivity contribution in [1.29, 1.82) is 0 Å². The maximum absolute atomic E-state index is 11.7. The molecule has 26 heavy (non-hydrogen) atoms. The molecule has 0 atom stereocenters. The van der Waals surface area contributed by atoms with Gasteiger partial charge in [-0.3, -0.25) is 9.79 Å². The summed E-state index contributed by atoms with van der Waals surface area (Å²) in [4.78, 5) is 18.6. The monoisotopic (exact) mass is 470 g/mol. The zero-order valence-corrected chi connectivity index (χ0v) is 18.2. The predicted molar refractivity (Wildman–Crippen MR) is 117 cm³/mol. The van der Waals surface area contributed by atoms with Crippen molar-refractivity contribution < 1.29 is 4.79 Å². The molecule has 1 amide bonds. The number of amides is 1. The minimum absolute atomic E-state index is 0. The molecule has 0 aromatic heterocycles. The Kier molecular flexibility index (Phi) is 7.73. The third-order valence-electron chi connectivity index (χ3n) is 5.73. The molecule has 1 aromatic carbocycles. The van der Waals surface area contributed by atoms with Gasteiger partial charge < -0.3 is 15.5 Å². The lowest BCUT2D eigenvalue weighted by Gasteiger charge is -2.26. The quantitative estimate of drug-likeness (QED) is 0.404.